The first-order chi connectivity index (χ1) is 14.6. The lowest BCUT2D eigenvalue weighted by Crippen LogP contribution is -2.41. The average molecular weight is 429 g/mol. The maximum absolute atomic E-state index is 10.8. The van der Waals surface area contributed by atoms with Crippen LogP contribution in [0.1, 0.15) is 111 Å². The van der Waals surface area contributed by atoms with Crippen molar-refractivity contribution in [2.45, 2.75) is 123 Å². The van der Waals surface area contributed by atoms with Crippen LogP contribution in [0.5, 0.6) is 0 Å². The normalized spacial score (nSPS) is 49.3. The Labute approximate surface area is 191 Å². The lowest BCUT2D eigenvalue weighted by molar-refractivity contribution is -0.00143. The molecule has 2 nitrogen and oxygen atoms in total. The fourth-order valence-electron chi connectivity index (χ4n) is 9.15. The maximum atomic E-state index is 10.8. The highest BCUT2D eigenvalue weighted by atomic mass is 16.3. The molecule has 0 heterocycles. The molecule has 0 aliphatic heterocycles. The van der Waals surface area contributed by atoms with Crippen LogP contribution in [0.15, 0.2) is 11.6 Å². The van der Waals surface area contributed by atoms with Crippen molar-refractivity contribution < 1.29 is 10.2 Å². The zero-order chi connectivity index (χ0) is 22.0. The van der Waals surface area contributed by atoms with Gasteiger partial charge in [-0.1, -0.05) is 32.4 Å². The fourth-order valence-corrected chi connectivity index (χ4v) is 9.15. The quantitative estimate of drug-likeness (QED) is 0.468. The minimum atomic E-state index is -0.493. The topological polar surface area (TPSA) is 40.5 Å². The maximum Gasteiger partial charge on any atom is 0.0657 e. The summed E-state index contributed by atoms with van der Waals surface area (Å²) in [6, 6.07) is 0. The van der Waals surface area contributed by atoms with Crippen molar-refractivity contribution >= 4 is 0 Å². The molecule has 2 bridgehead atoms. The summed E-state index contributed by atoms with van der Waals surface area (Å²) < 4.78 is 0. The summed E-state index contributed by atoms with van der Waals surface area (Å²) in [6.45, 7) is 9.77. The summed E-state index contributed by atoms with van der Waals surface area (Å²) >= 11 is 0. The Morgan fingerprint density at radius 2 is 1.77 bits per heavy atom. The van der Waals surface area contributed by atoms with Crippen molar-refractivity contribution in [2.24, 2.45) is 46.3 Å². The van der Waals surface area contributed by atoms with E-state index in [4.69, 9.17) is 0 Å². The van der Waals surface area contributed by atoms with E-state index in [9.17, 15) is 10.2 Å². The molecule has 0 unspecified atom stereocenters. The highest BCUT2D eigenvalue weighted by Crippen LogP contribution is 2.64. The van der Waals surface area contributed by atoms with Crippen molar-refractivity contribution in [3.63, 3.8) is 0 Å². The number of fused-ring (bicyclic) bond motifs is 6. The molecular weight excluding hydrogens is 380 g/mol. The second kappa shape index (κ2) is 7.86. The second-order valence-electron chi connectivity index (χ2n) is 13.5. The van der Waals surface area contributed by atoms with Gasteiger partial charge in [0.15, 0.2) is 0 Å². The Morgan fingerprint density at radius 3 is 2.52 bits per heavy atom. The van der Waals surface area contributed by atoms with Gasteiger partial charge < -0.3 is 10.2 Å². The summed E-state index contributed by atoms with van der Waals surface area (Å²) in [5.41, 5.74) is 1.91. The van der Waals surface area contributed by atoms with E-state index in [0.717, 1.165) is 48.9 Å². The smallest absolute Gasteiger partial charge is 0.0657 e. The number of hydrogen-bond acceptors (Lipinski definition) is 2. The number of hydrogen-bond donors (Lipinski definition) is 2. The van der Waals surface area contributed by atoms with Gasteiger partial charge in [0.25, 0.3) is 0 Å². The van der Waals surface area contributed by atoms with E-state index in [2.05, 4.69) is 33.8 Å². The van der Waals surface area contributed by atoms with Crippen LogP contribution in [0.25, 0.3) is 0 Å². The van der Waals surface area contributed by atoms with Crippen LogP contribution in [0.3, 0.4) is 0 Å². The standard InChI is InChI=1S/C29H48O2/c1-19(5-12-26(30)20-6-7-20)24-10-11-25-21-8-9-23-18-27(2,31)15-16-28(23,3)22(17-21)13-14-29(24,25)4/h9,19-22,24-26,30-31H,5-8,10-18H2,1-4H3/t19-,21-,22+,24-,25+,26-,27+,28-,29-/m1/s1. The predicted molar refractivity (Wildman–Crippen MR) is 128 cm³/mol. The largest absolute Gasteiger partial charge is 0.393 e. The van der Waals surface area contributed by atoms with Gasteiger partial charge in [-0.15, -0.1) is 0 Å². The third-order valence-electron chi connectivity index (χ3n) is 11.5. The van der Waals surface area contributed by atoms with Crippen molar-refractivity contribution in [3.05, 3.63) is 11.6 Å². The third kappa shape index (κ3) is 3.96. The second-order valence-corrected chi connectivity index (χ2v) is 13.5. The first kappa shape index (κ1) is 22.5. The van der Waals surface area contributed by atoms with Gasteiger partial charge in [-0.2, -0.15) is 0 Å². The Balaban J connectivity index is 1.34. The summed E-state index contributed by atoms with van der Waals surface area (Å²) in [6.07, 6.45) is 18.6. The van der Waals surface area contributed by atoms with E-state index in [1.54, 1.807) is 5.57 Å². The van der Waals surface area contributed by atoms with Gasteiger partial charge >= 0.3 is 0 Å². The third-order valence-corrected chi connectivity index (χ3v) is 11.5. The molecule has 2 N–H and O–H groups in total. The summed E-state index contributed by atoms with van der Waals surface area (Å²) in [7, 11) is 0. The molecule has 0 aromatic heterocycles. The van der Waals surface area contributed by atoms with E-state index >= 15 is 0 Å². The monoisotopic (exact) mass is 428 g/mol. The molecule has 0 amide bonds. The van der Waals surface area contributed by atoms with Gasteiger partial charge in [-0.05, 0) is 137 Å². The van der Waals surface area contributed by atoms with E-state index < -0.39 is 5.60 Å². The first-order valence-electron chi connectivity index (χ1n) is 13.7. The van der Waals surface area contributed by atoms with E-state index in [-0.39, 0.29) is 6.10 Å². The molecule has 4 fully saturated rings. The predicted octanol–water partition coefficient (Wildman–Crippen LogP) is 6.89. The van der Waals surface area contributed by atoms with Gasteiger partial charge in [0.1, 0.15) is 0 Å². The van der Waals surface area contributed by atoms with Crippen molar-refractivity contribution in [2.75, 3.05) is 0 Å². The van der Waals surface area contributed by atoms with E-state index in [0.29, 0.717) is 16.7 Å². The van der Waals surface area contributed by atoms with Gasteiger partial charge in [-0.25, -0.2) is 0 Å². The molecule has 176 valence electrons. The zero-order valence-electron chi connectivity index (χ0n) is 20.7. The van der Waals surface area contributed by atoms with Crippen LogP contribution in [-0.2, 0) is 0 Å². The molecule has 4 saturated carbocycles. The lowest BCUT2D eigenvalue weighted by atomic mass is 9.59. The van der Waals surface area contributed by atoms with Crippen molar-refractivity contribution in [1.29, 1.82) is 0 Å². The zero-order valence-corrected chi connectivity index (χ0v) is 20.7. The Hall–Kier alpha value is -0.340. The van der Waals surface area contributed by atoms with Crippen molar-refractivity contribution in [1.82, 2.24) is 0 Å². The molecule has 0 aromatic carbocycles. The van der Waals surface area contributed by atoms with Gasteiger partial charge in [0.05, 0.1) is 11.7 Å². The molecular formula is C29H48O2. The van der Waals surface area contributed by atoms with E-state index in [1.165, 1.54) is 64.2 Å². The van der Waals surface area contributed by atoms with Crippen molar-refractivity contribution in [3.8, 4) is 0 Å². The molecule has 0 aromatic rings. The van der Waals surface area contributed by atoms with Crippen LogP contribution in [0, 0.1) is 46.3 Å². The van der Waals surface area contributed by atoms with Crippen LogP contribution in [0.2, 0.25) is 0 Å². The van der Waals surface area contributed by atoms with Gasteiger partial charge in [-0.3, -0.25) is 0 Å². The Kier molecular flexibility index (Phi) is 5.70. The average Bonchev–Trinajstić information content (AvgIpc) is 3.53. The number of rotatable bonds is 5. The molecule has 0 spiro atoms. The summed E-state index contributed by atoms with van der Waals surface area (Å²) in [4.78, 5) is 0. The Bertz CT molecular complexity index is 706. The van der Waals surface area contributed by atoms with Gasteiger partial charge in [0.2, 0.25) is 0 Å². The number of aliphatic hydroxyl groups is 2. The van der Waals surface area contributed by atoms with Crippen LogP contribution in [-0.4, -0.2) is 21.9 Å². The number of aliphatic hydroxyl groups excluding tert-OH is 1. The molecule has 0 saturated heterocycles. The SMILES string of the molecule is C[C@H](CC[C@@H](O)C1CC1)[C@H]1CC[C@H]2[C@@H]3CC=C4C[C@@](C)(O)CC[C@]4(C)[C@@H](CC[C@]12C)C3. The lowest BCUT2D eigenvalue weighted by Gasteiger charge is -2.47. The molecule has 31 heavy (non-hydrogen) atoms. The highest BCUT2D eigenvalue weighted by molar-refractivity contribution is 5.24. The highest BCUT2D eigenvalue weighted by Gasteiger charge is 2.55. The van der Waals surface area contributed by atoms with Crippen LogP contribution in [0.4, 0.5) is 0 Å². The minimum Gasteiger partial charge on any atom is -0.393 e. The molecule has 2 heteroatoms. The Morgan fingerprint density at radius 1 is 1.00 bits per heavy atom. The van der Waals surface area contributed by atoms with E-state index in [1.807, 2.05) is 0 Å². The first-order valence-corrected chi connectivity index (χ1v) is 13.7. The molecule has 5 rings (SSSR count). The van der Waals surface area contributed by atoms with Crippen LogP contribution < -0.4 is 0 Å². The minimum absolute atomic E-state index is 0.0312. The summed E-state index contributed by atoms with van der Waals surface area (Å²) in [5, 5.41) is 21.2. The number of allylic oxidation sites excluding steroid dienone is 1. The molecule has 5 aliphatic rings. The molecule has 9 atom stereocenters. The van der Waals surface area contributed by atoms with Gasteiger partial charge in [0, 0.05) is 0 Å². The summed E-state index contributed by atoms with van der Waals surface area (Å²) in [5.74, 6) is 4.73. The molecule has 5 aliphatic carbocycles. The fraction of sp³-hybridized carbons (Fsp3) is 0.931. The molecule has 0 radical (unpaired) electrons. The van der Waals surface area contributed by atoms with Crippen LogP contribution >= 0.6 is 0 Å².